The second kappa shape index (κ2) is 5.38. The van der Waals surface area contributed by atoms with Crippen LogP contribution in [0.15, 0.2) is 34.9 Å². The largest absolute Gasteiger partial charge is 0.395 e. The molecule has 6 heteroatoms. The van der Waals surface area contributed by atoms with E-state index in [1.165, 1.54) is 12.3 Å². The van der Waals surface area contributed by atoms with E-state index < -0.39 is 0 Å². The van der Waals surface area contributed by atoms with Crippen LogP contribution in [0.25, 0.3) is 0 Å². The molecule has 0 bridgehead atoms. The SMILES string of the molecule is N#Cc1cc(Br)ccc1Nc1nccc(C#N)c1N. The van der Waals surface area contributed by atoms with E-state index in [9.17, 15) is 0 Å². The molecule has 0 saturated carbocycles. The summed E-state index contributed by atoms with van der Waals surface area (Å²) in [6, 6.07) is 10.8. The third kappa shape index (κ3) is 2.65. The average molecular weight is 314 g/mol. The zero-order valence-electron chi connectivity index (χ0n) is 9.68. The van der Waals surface area contributed by atoms with E-state index in [0.29, 0.717) is 22.6 Å². The highest BCUT2D eigenvalue weighted by Crippen LogP contribution is 2.27. The van der Waals surface area contributed by atoms with E-state index in [4.69, 9.17) is 16.3 Å². The number of nitrogens with zero attached hydrogens (tertiary/aromatic N) is 3. The molecule has 92 valence electrons. The molecule has 1 aromatic heterocycles. The van der Waals surface area contributed by atoms with Crippen LogP contribution in [0.4, 0.5) is 17.2 Å². The van der Waals surface area contributed by atoms with Crippen molar-refractivity contribution in [1.29, 1.82) is 10.5 Å². The zero-order chi connectivity index (χ0) is 13.8. The second-order valence-corrected chi connectivity index (χ2v) is 4.57. The molecule has 0 saturated heterocycles. The predicted molar refractivity (Wildman–Crippen MR) is 75.5 cm³/mol. The third-order valence-corrected chi connectivity index (χ3v) is 2.96. The zero-order valence-corrected chi connectivity index (χ0v) is 11.3. The first-order chi connectivity index (χ1) is 9.15. The van der Waals surface area contributed by atoms with Gasteiger partial charge in [-0.3, -0.25) is 0 Å². The van der Waals surface area contributed by atoms with Gasteiger partial charge in [0.2, 0.25) is 0 Å². The van der Waals surface area contributed by atoms with Crippen molar-refractivity contribution >= 4 is 33.1 Å². The number of hydrogen-bond acceptors (Lipinski definition) is 5. The molecule has 0 atom stereocenters. The summed E-state index contributed by atoms with van der Waals surface area (Å²) >= 11 is 3.30. The van der Waals surface area contributed by atoms with E-state index in [0.717, 1.165) is 4.47 Å². The van der Waals surface area contributed by atoms with Crippen molar-refractivity contribution in [3.63, 3.8) is 0 Å². The number of halogens is 1. The molecule has 5 nitrogen and oxygen atoms in total. The summed E-state index contributed by atoms with van der Waals surface area (Å²) in [5, 5.41) is 20.9. The van der Waals surface area contributed by atoms with Gasteiger partial charge in [-0.1, -0.05) is 15.9 Å². The molecular weight excluding hydrogens is 306 g/mol. The smallest absolute Gasteiger partial charge is 0.154 e. The van der Waals surface area contributed by atoms with Crippen molar-refractivity contribution in [2.45, 2.75) is 0 Å². The van der Waals surface area contributed by atoms with E-state index in [1.807, 2.05) is 6.07 Å². The Hall–Kier alpha value is -2.57. The minimum Gasteiger partial charge on any atom is -0.395 e. The Labute approximate surface area is 118 Å². The summed E-state index contributed by atoms with van der Waals surface area (Å²) < 4.78 is 0.807. The summed E-state index contributed by atoms with van der Waals surface area (Å²) in [4.78, 5) is 4.07. The van der Waals surface area contributed by atoms with Gasteiger partial charge in [-0.2, -0.15) is 10.5 Å². The number of hydrogen-bond donors (Lipinski definition) is 2. The number of nitrogens with one attached hydrogen (secondary N) is 1. The second-order valence-electron chi connectivity index (χ2n) is 3.66. The molecule has 19 heavy (non-hydrogen) atoms. The Kier molecular flexibility index (Phi) is 3.65. The lowest BCUT2D eigenvalue weighted by Gasteiger charge is -2.10. The quantitative estimate of drug-likeness (QED) is 0.888. The Morgan fingerprint density at radius 3 is 2.58 bits per heavy atom. The molecule has 1 aromatic carbocycles. The van der Waals surface area contributed by atoms with Gasteiger partial charge in [-0.05, 0) is 24.3 Å². The summed E-state index contributed by atoms with van der Waals surface area (Å²) in [6.45, 7) is 0. The van der Waals surface area contributed by atoms with Gasteiger partial charge in [0, 0.05) is 10.7 Å². The monoisotopic (exact) mass is 313 g/mol. The fraction of sp³-hybridized carbons (Fsp3) is 0. The molecule has 0 unspecified atom stereocenters. The number of benzene rings is 1. The van der Waals surface area contributed by atoms with Gasteiger partial charge in [0.15, 0.2) is 5.82 Å². The van der Waals surface area contributed by atoms with E-state index >= 15 is 0 Å². The van der Waals surface area contributed by atoms with Crippen molar-refractivity contribution in [1.82, 2.24) is 4.98 Å². The van der Waals surface area contributed by atoms with E-state index in [2.05, 4.69) is 32.3 Å². The number of anilines is 3. The standard InChI is InChI=1S/C13H8BrN5/c14-10-1-2-11(9(5-10)7-16)19-13-12(17)8(6-15)3-4-18-13/h1-5H,17H2,(H,18,19). The van der Waals surface area contributed by atoms with Crippen LogP contribution in [-0.2, 0) is 0 Å². The molecule has 0 amide bonds. The Balaban J connectivity index is 2.43. The summed E-state index contributed by atoms with van der Waals surface area (Å²) in [6.07, 6.45) is 1.49. The van der Waals surface area contributed by atoms with Crippen LogP contribution >= 0.6 is 15.9 Å². The number of rotatable bonds is 2. The van der Waals surface area contributed by atoms with E-state index in [1.54, 1.807) is 18.2 Å². The number of aromatic nitrogens is 1. The molecule has 0 spiro atoms. The number of nitrogens with two attached hydrogens (primary N) is 1. The molecule has 2 rings (SSSR count). The fourth-order valence-electron chi connectivity index (χ4n) is 1.52. The minimum atomic E-state index is 0.261. The van der Waals surface area contributed by atoms with Gasteiger partial charge in [0.25, 0.3) is 0 Å². The number of nitrogen functional groups attached to an aromatic ring is 1. The molecule has 0 aliphatic rings. The molecule has 3 N–H and O–H groups in total. The van der Waals surface area contributed by atoms with Crippen LogP contribution in [-0.4, -0.2) is 4.98 Å². The van der Waals surface area contributed by atoms with E-state index in [-0.39, 0.29) is 5.69 Å². The maximum absolute atomic E-state index is 9.08. The summed E-state index contributed by atoms with van der Waals surface area (Å²) in [7, 11) is 0. The van der Waals surface area contributed by atoms with Crippen molar-refractivity contribution in [3.8, 4) is 12.1 Å². The van der Waals surface area contributed by atoms with Gasteiger partial charge in [0.1, 0.15) is 12.1 Å². The van der Waals surface area contributed by atoms with Crippen molar-refractivity contribution < 1.29 is 0 Å². The van der Waals surface area contributed by atoms with Gasteiger partial charge in [0.05, 0.1) is 22.5 Å². The van der Waals surface area contributed by atoms with Crippen LogP contribution in [0.3, 0.4) is 0 Å². The maximum Gasteiger partial charge on any atom is 0.154 e. The summed E-state index contributed by atoms with van der Waals surface area (Å²) in [5.41, 5.74) is 7.46. The maximum atomic E-state index is 9.08. The molecule has 2 aromatic rings. The highest BCUT2D eigenvalue weighted by atomic mass is 79.9. The van der Waals surface area contributed by atoms with Crippen LogP contribution in [0.5, 0.6) is 0 Å². The molecule has 0 radical (unpaired) electrons. The average Bonchev–Trinajstić information content (AvgIpc) is 2.42. The Morgan fingerprint density at radius 2 is 1.89 bits per heavy atom. The molecular formula is C13H8BrN5. The first kappa shape index (κ1) is 12.9. The first-order valence-corrected chi connectivity index (χ1v) is 6.06. The Bertz CT molecular complexity index is 712. The number of pyridine rings is 1. The van der Waals surface area contributed by atoms with Gasteiger partial charge in [-0.25, -0.2) is 4.98 Å². The fourth-order valence-corrected chi connectivity index (χ4v) is 1.88. The Morgan fingerprint density at radius 1 is 1.16 bits per heavy atom. The van der Waals surface area contributed by atoms with Gasteiger partial charge >= 0.3 is 0 Å². The van der Waals surface area contributed by atoms with Gasteiger partial charge in [-0.15, -0.1) is 0 Å². The van der Waals surface area contributed by atoms with Crippen molar-refractivity contribution in [3.05, 3.63) is 46.1 Å². The molecule has 0 aliphatic carbocycles. The summed E-state index contributed by atoms with van der Waals surface area (Å²) in [5.74, 6) is 0.359. The topological polar surface area (TPSA) is 98.5 Å². The van der Waals surface area contributed by atoms with Crippen LogP contribution < -0.4 is 11.1 Å². The molecule has 1 heterocycles. The van der Waals surface area contributed by atoms with Crippen molar-refractivity contribution in [2.24, 2.45) is 0 Å². The normalized spacial score (nSPS) is 9.42. The minimum absolute atomic E-state index is 0.261. The highest BCUT2D eigenvalue weighted by Gasteiger charge is 2.09. The van der Waals surface area contributed by atoms with Crippen LogP contribution in [0.2, 0.25) is 0 Å². The lowest BCUT2D eigenvalue weighted by Crippen LogP contribution is -2.02. The number of nitriles is 2. The first-order valence-electron chi connectivity index (χ1n) is 5.27. The van der Waals surface area contributed by atoms with Crippen LogP contribution in [0.1, 0.15) is 11.1 Å². The van der Waals surface area contributed by atoms with Crippen LogP contribution in [0, 0.1) is 22.7 Å². The molecule has 0 fully saturated rings. The lowest BCUT2D eigenvalue weighted by atomic mass is 10.2. The van der Waals surface area contributed by atoms with Gasteiger partial charge < -0.3 is 11.1 Å². The third-order valence-electron chi connectivity index (χ3n) is 2.47. The predicted octanol–water partition coefficient (Wildman–Crippen LogP) is 2.91. The highest BCUT2D eigenvalue weighted by molar-refractivity contribution is 9.10. The lowest BCUT2D eigenvalue weighted by molar-refractivity contribution is 1.29. The van der Waals surface area contributed by atoms with Crippen molar-refractivity contribution in [2.75, 3.05) is 11.1 Å². The molecule has 0 aliphatic heterocycles.